The van der Waals surface area contributed by atoms with Crippen LogP contribution in [0.1, 0.15) is 23.2 Å². The maximum Gasteiger partial charge on any atom is 0.259 e. The molecule has 1 saturated heterocycles. The molecule has 2 heterocycles. The number of furan rings is 1. The second kappa shape index (κ2) is 6.62. The summed E-state index contributed by atoms with van der Waals surface area (Å²) >= 11 is 0. The molecule has 1 aromatic heterocycles. The third-order valence-electron chi connectivity index (χ3n) is 3.42. The molecule has 1 atom stereocenters. The average molecular weight is 305 g/mol. The monoisotopic (exact) mass is 305 g/mol. The van der Waals surface area contributed by atoms with E-state index in [1.54, 1.807) is 0 Å². The Labute approximate surface area is 127 Å². The van der Waals surface area contributed by atoms with Crippen LogP contribution in [0.5, 0.6) is 5.75 Å². The highest BCUT2D eigenvalue weighted by Gasteiger charge is 2.18. The molecule has 0 bridgehead atoms. The first kappa shape index (κ1) is 14.6. The third-order valence-corrected chi connectivity index (χ3v) is 3.42. The van der Waals surface area contributed by atoms with Crippen molar-refractivity contribution in [1.82, 2.24) is 0 Å². The summed E-state index contributed by atoms with van der Waals surface area (Å²) in [5.74, 6) is -0.429. The smallest absolute Gasteiger partial charge is 0.259 e. The van der Waals surface area contributed by atoms with E-state index in [4.69, 9.17) is 13.9 Å². The van der Waals surface area contributed by atoms with Crippen molar-refractivity contribution in [2.24, 2.45) is 0 Å². The molecule has 0 spiro atoms. The summed E-state index contributed by atoms with van der Waals surface area (Å²) in [6, 6.07) is 5.54. The summed E-state index contributed by atoms with van der Waals surface area (Å²) in [6.45, 7) is 1.11. The number of rotatable bonds is 5. The average Bonchev–Trinajstić information content (AvgIpc) is 3.20. The van der Waals surface area contributed by atoms with Gasteiger partial charge in [0.2, 0.25) is 0 Å². The van der Waals surface area contributed by atoms with E-state index in [0.29, 0.717) is 17.9 Å². The van der Waals surface area contributed by atoms with Gasteiger partial charge in [-0.1, -0.05) is 0 Å². The Bertz CT molecular complexity index is 636. The Morgan fingerprint density at radius 3 is 3.05 bits per heavy atom. The van der Waals surface area contributed by atoms with Crippen molar-refractivity contribution in [3.05, 3.63) is 48.2 Å². The van der Waals surface area contributed by atoms with Gasteiger partial charge < -0.3 is 19.2 Å². The number of nitrogens with one attached hydrogen (secondary N) is 1. The minimum absolute atomic E-state index is 0.0440. The van der Waals surface area contributed by atoms with Crippen LogP contribution in [0.15, 0.2) is 41.2 Å². The lowest BCUT2D eigenvalue weighted by atomic mass is 10.2. The number of halogens is 1. The quantitative estimate of drug-likeness (QED) is 0.921. The number of anilines is 1. The number of benzene rings is 1. The molecule has 1 fully saturated rings. The standard InChI is InChI=1S/C16H16FNO4/c17-12-3-4-15(22-10-13-2-1-6-21-13)14(8-12)18-16(19)11-5-7-20-9-11/h3-5,7-9,13H,1-2,6,10H2,(H,18,19)/t13-/m0/s1. The fourth-order valence-corrected chi connectivity index (χ4v) is 2.27. The van der Waals surface area contributed by atoms with Crippen LogP contribution in [0.25, 0.3) is 0 Å². The van der Waals surface area contributed by atoms with Gasteiger partial charge in [-0.05, 0) is 31.0 Å². The zero-order chi connectivity index (χ0) is 15.4. The maximum absolute atomic E-state index is 13.4. The van der Waals surface area contributed by atoms with Gasteiger partial charge in [0.25, 0.3) is 5.91 Å². The molecule has 1 N–H and O–H groups in total. The minimum Gasteiger partial charge on any atom is -0.489 e. The first-order chi connectivity index (χ1) is 10.7. The van der Waals surface area contributed by atoms with Crippen LogP contribution in [0.2, 0.25) is 0 Å². The lowest BCUT2D eigenvalue weighted by Gasteiger charge is -2.15. The highest BCUT2D eigenvalue weighted by atomic mass is 19.1. The molecule has 1 amide bonds. The zero-order valence-corrected chi connectivity index (χ0v) is 11.9. The van der Waals surface area contributed by atoms with Gasteiger partial charge >= 0.3 is 0 Å². The van der Waals surface area contributed by atoms with Crippen LogP contribution in [0.4, 0.5) is 10.1 Å². The molecule has 6 heteroatoms. The summed E-state index contributed by atoms with van der Waals surface area (Å²) in [4.78, 5) is 12.0. The maximum atomic E-state index is 13.4. The molecule has 2 aromatic rings. The van der Waals surface area contributed by atoms with E-state index in [9.17, 15) is 9.18 Å². The molecule has 5 nitrogen and oxygen atoms in total. The molecule has 116 valence electrons. The van der Waals surface area contributed by atoms with Crippen molar-refractivity contribution >= 4 is 11.6 Å². The van der Waals surface area contributed by atoms with E-state index < -0.39 is 5.82 Å². The molecule has 1 aliphatic heterocycles. The highest BCUT2D eigenvalue weighted by Crippen LogP contribution is 2.27. The normalized spacial score (nSPS) is 17.4. The SMILES string of the molecule is O=C(Nc1cc(F)ccc1OC[C@@H]1CCCO1)c1ccoc1. The summed E-state index contributed by atoms with van der Waals surface area (Å²) < 4.78 is 29.4. The molecule has 0 aliphatic carbocycles. The highest BCUT2D eigenvalue weighted by molar-refractivity contribution is 6.04. The fourth-order valence-electron chi connectivity index (χ4n) is 2.27. The van der Waals surface area contributed by atoms with Crippen molar-refractivity contribution < 1.29 is 23.1 Å². The lowest BCUT2D eigenvalue weighted by Crippen LogP contribution is -2.18. The van der Waals surface area contributed by atoms with E-state index in [-0.39, 0.29) is 17.7 Å². The van der Waals surface area contributed by atoms with Gasteiger partial charge in [-0.25, -0.2) is 4.39 Å². The number of amides is 1. The molecule has 1 aliphatic rings. The third kappa shape index (κ3) is 3.46. The van der Waals surface area contributed by atoms with Gasteiger partial charge in [0.1, 0.15) is 24.4 Å². The van der Waals surface area contributed by atoms with Crippen molar-refractivity contribution in [2.45, 2.75) is 18.9 Å². The van der Waals surface area contributed by atoms with Gasteiger partial charge in [0.15, 0.2) is 0 Å². The Hall–Kier alpha value is -2.34. The number of hydrogen-bond acceptors (Lipinski definition) is 4. The Kier molecular flexibility index (Phi) is 4.39. The molecule has 0 saturated carbocycles. The molecule has 22 heavy (non-hydrogen) atoms. The molecule has 3 rings (SSSR count). The van der Waals surface area contributed by atoms with E-state index in [2.05, 4.69) is 5.32 Å². The summed E-state index contributed by atoms with van der Waals surface area (Å²) in [6.07, 6.45) is 4.72. The van der Waals surface area contributed by atoms with E-state index >= 15 is 0 Å². The molecule has 0 radical (unpaired) electrons. The minimum atomic E-state index is -0.452. The first-order valence-electron chi connectivity index (χ1n) is 7.10. The Balaban J connectivity index is 1.71. The van der Waals surface area contributed by atoms with Gasteiger partial charge in [0.05, 0.1) is 23.6 Å². The molecular formula is C16H16FNO4. The van der Waals surface area contributed by atoms with Crippen LogP contribution in [-0.2, 0) is 4.74 Å². The second-order valence-electron chi connectivity index (χ2n) is 5.05. The largest absolute Gasteiger partial charge is 0.489 e. The predicted octanol–water partition coefficient (Wildman–Crippen LogP) is 3.23. The molecule has 1 aromatic carbocycles. The number of hydrogen-bond donors (Lipinski definition) is 1. The van der Waals surface area contributed by atoms with E-state index in [0.717, 1.165) is 19.4 Å². The molecular weight excluding hydrogens is 289 g/mol. The number of carbonyl (C=O) groups excluding carboxylic acids is 1. The van der Waals surface area contributed by atoms with Gasteiger partial charge in [0, 0.05) is 12.7 Å². The van der Waals surface area contributed by atoms with Crippen LogP contribution in [0.3, 0.4) is 0 Å². The van der Waals surface area contributed by atoms with Crippen molar-refractivity contribution in [2.75, 3.05) is 18.5 Å². The van der Waals surface area contributed by atoms with E-state index in [1.807, 2.05) is 0 Å². The summed E-state index contributed by atoms with van der Waals surface area (Å²) in [5.41, 5.74) is 0.638. The van der Waals surface area contributed by atoms with Gasteiger partial charge in [-0.3, -0.25) is 4.79 Å². The van der Waals surface area contributed by atoms with Gasteiger partial charge in [-0.15, -0.1) is 0 Å². The van der Waals surface area contributed by atoms with Crippen LogP contribution in [-0.4, -0.2) is 25.2 Å². The topological polar surface area (TPSA) is 60.7 Å². The zero-order valence-electron chi connectivity index (χ0n) is 11.9. The van der Waals surface area contributed by atoms with Crippen LogP contribution >= 0.6 is 0 Å². The number of ether oxygens (including phenoxy) is 2. The van der Waals surface area contributed by atoms with Crippen molar-refractivity contribution in [1.29, 1.82) is 0 Å². The Morgan fingerprint density at radius 2 is 2.32 bits per heavy atom. The lowest BCUT2D eigenvalue weighted by molar-refractivity contribution is 0.0681. The fraction of sp³-hybridized carbons (Fsp3) is 0.312. The van der Waals surface area contributed by atoms with Crippen LogP contribution in [0, 0.1) is 5.82 Å². The Morgan fingerprint density at radius 1 is 1.41 bits per heavy atom. The summed E-state index contributed by atoms with van der Waals surface area (Å²) in [7, 11) is 0. The van der Waals surface area contributed by atoms with Gasteiger partial charge in [-0.2, -0.15) is 0 Å². The van der Waals surface area contributed by atoms with Crippen molar-refractivity contribution in [3.63, 3.8) is 0 Å². The predicted molar refractivity (Wildman–Crippen MR) is 77.5 cm³/mol. The number of carbonyl (C=O) groups is 1. The molecule has 0 unspecified atom stereocenters. The van der Waals surface area contributed by atoms with Crippen molar-refractivity contribution in [3.8, 4) is 5.75 Å². The second-order valence-corrected chi connectivity index (χ2v) is 5.05. The first-order valence-corrected chi connectivity index (χ1v) is 7.10. The van der Waals surface area contributed by atoms with E-state index in [1.165, 1.54) is 36.8 Å². The summed E-state index contributed by atoms with van der Waals surface area (Å²) in [5, 5.41) is 2.62. The van der Waals surface area contributed by atoms with Crippen LogP contribution < -0.4 is 10.1 Å².